The van der Waals surface area contributed by atoms with Gasteiger partial charge < -0.3 is 10.3 Å². The van der Waals surface area contributed by atoms with Crippen molar-refractivity contribution in [3.05, 3.63) is 84.1 Å². The van der Waals surface area contributed by atoms with Crippen molar-refractivity contribution >= 4 is 43.7 Å². The van der Waals surface area contributed by atoms with Crippen molar-refractivity contribution in [3.63, 3.8) is 0 Å². The lowest BCUT2D eigenvalue weighted by molar-refractivity contribution is 0.0994. The van der Waals surface area contributed by atoms with Gasteiger partial charge in [-0.05, 0) is 54.6 Å². The van der Waals surface area contributed by atoms with Gasteiger partial charge in [0, 0.05) is 23.7 Å². The second-order valence-corrected chi connectivity index (χ2v) is 9.97. The van der Waals surface area contributed by atoms with E-state index in [0.29, 0.717) is 27.8 Å². The first-order valence-electron chi connectivity index (χ1n) is 10.0. The number of hydrogen-bond acceptors (Lipinski definition) is 6. The van der Waals surface area contributed by atoms with Gasteiger partial charge in [0.25, 0.3) is 5.91 Å². The van der Waals surface area contributed by atoms with Crippen molar-refractivity contribution in [1.82, 2.24) is 4.57 Å². The summed E-state index contributed by atoms with van der Waals surface area (Å²) in [7, 11) is -2.48. The van der Waals surface area contributed by atoms with E-state index in [9.17, 15) is 17.4 Å². The largest absolute Gasteiger partial charge is 0.364 e. The summed E-state index contributed by atoms with van der Waals surface area (Å²) in [4.78, 5) is 12.3. The normalized spacial score (nSPS) is 12.3. The third-order valence-corrected chi connectivity index (χ3v) is 7.38. The SMILES string of the molecule is C#Cc1cccc(S(=O)(=O)c2cccc(-n3c(C(N)=O)cc4ccc(N(C)OS(=O)O)cc43)c2)c1. The molecule has 4 rings (SSSR count). The summed E-state index contributed by atoms with van der Waals surface area (Å²) in [5, 5.41) is 1.73. The molecule has 35 heavy (non-hydrogen) atoms. The van der Waals surface area contributed by atoms with Crippen LogP contribution in [0.3, 0.4) is 0 Å². The number of carbonyl (C=O) groups excluding carboxylic acids is 1. The van der Waals surface area contributed by atoms with Crippen LogP contribution in [-0.2, 0) is 25.5 Å². The molecule has 11 heteroatoms. The summed E-state index contributed by atoms with van der Waals surface area (Å²) < 4.78 is 53.0. The zero-order valence-electron chi connectivity index (χ0n) is 18.3. The molecule has 1 atom stereocenters. The van der Waals surface area contributed by atoms with Gasteiger partial charge in [0.05, 0.1) is 21.0 Å². The molecule has 0 aliphatic rings. The van der Waals surface area contributed by atoms with E-state index in [1.54, 1.807) is 48.5 Å². The summed E-state index contributed by atoms with van der Waals surface area (Å²) in [6, 6.07) is 18.6. The van der Waals surface area contributed by atoms with Crippen LogP contribution in [0.5, 0.6) is 0 Å². The van der Waals surface area contributed by atoms with Crippen molar-refractivity contribution < 1.29 is 26.3 Å². The maximum atomic E-state index is 13.3. The molecule has 0 fully saturated rings. The highest BCUT2D eigenvalue weighted by atomic mass is 32.2. The van der Waals surface area contributed by atoms with E-state index >= 15 is 0 Å². The Kier molecular flexibility index (Phi) is 6.47. The Morgan fingerprint density at radius 1 is 1.09 bits per heavy atom. The highest BCUT2D eigenvalue weighted by molar-refractivity contribution is 7.91. The average Bonchev–Trinajstić information content (AvgIpc) is 3.23. The smallest absolute Gasteiger partial charge is 0.325 e. The van der Waals surface area contributed by atoms with Gasteiger partial charge in [0.2, 0.25) is 9.84 Å². The lowest BCUT2D eigenvalue weighted by atomic mass is 10.2. The molecule has 0 bridgehead atoms. The number of nitrogens with two attached hydrogens (primary N) is 1. The molecule has 1 heterocycles. The highest BCUT2D eigenvalue weighted by Crippen LogP contribution is 2.30. The third-order valence-electron chi connectivity index (χ3n) is 5.28. The van der Waals surface area contributed by atoms with Gasteiger partial charge >= 0.3 is 11.4 Å². The summed E-state index contributed by atoms with van der Waals surface area (Å²) in [5.41, 5.74) is 7.45. The minimum Gasteiger partial charge on any atom is -0.364 e. The first-order valence-corrected chi connectivity index (χ1v) is 12.5. The molecule has 0 spiro atoms. The molecule has 0 aliphatic heterocycles. The maximum Gasteiger partial charge on any atom is 0.325 e. The van der Waals surface area contributed by atoms with Crippen LogP contribution in [0.4, 0.5) is 5.69 Å². The van der Waals surface area contributed by atoms with Crippen LogP contribution < -0.4 is 10.8 Å². The zero-order valence-corrected chi connectivity index (χ0v) is 19.9. The Balaban J connectivity index is 1.89. The Bertz CT molecular complexity index is 1640. The predicted octanol–water partition coefficient (Wildman–Crippen LogP) is 3.05. The van der Waals surface area contributed by atoms with Gasteiger partial charge in [0.15, 0.2) is 0 Å². The van der Waals surface area contributed by atoms with Gasteiger partial charge in [-0.2, -0.15) is 4.21 Å². The van der Waals surface area contributed by atoms with Crippen LogP contribution in [-0.4, -0.2) is 34.7 Å². The Morgan fingerprint density at radius 2 is 1.77 bits per heavy atom. The Labute approximate surface area is 204 Å². The Hall–Kier alpha value is -3.95. The van der Waals surface area contributed by atoms with Crippen LogP contribution in [0.2, 0.25) is 0 Å². The lowest BCUT2D eigenvalue weighted by Crippen LogP contribution is -2.19. The second-order valence-electron chi connectivity index (χ2n) is 7.43. The summed E-state index contributed by atoms with van der Waals surface area (Å²) in [6.45, 7) is 0. The number of sulfone groups is 1. The molecule has 0 aliphatic carbocycles. The first kappa shape index (κ1) is 24.2. The molecule has 3 N–H and O–H groups in total. The van der Waals surface area contributed by atoms with E-state index in [4.69, 9.17) is 21.0 Å². The van der Waals surface area contributed by atoms with E-state index in [0.717, 1.165) is 5.06 Å². The summed E-state index contributed by atoms with van der Waals surface area (Å²) in [6.07, 6.45) is 5.41. The molecule has 1 unspecified atom stereocenters. The summed E-state index contributed by atoms with van der Waals surface area (Å²) in [5.74, 6) is 1.70. The first-order chi connectivity index (χ1) is 16.6. The lowest BCUT2D eigenvalue weighted by Gasteiger charge is -2.16. The van der Waals surface area contributed by atoms with Crippen LogP contribution in [0, 0.1) is 12.3 Å². The predicted molar refractivity (Wildman–Crippen MR) is 132 cm³/mol. The minimum atomic E-state index is -3.92. The molecule has 1 amide bonds. The number of benzene rings is 3. The molecule has 0 saturated carbocycles. The molecule has 178 valence electrons. The number of primary amides is 1. The van der Waals surface area contributed by atoms with Crippen LogP contribution in [0.1, 0.15) is 16.1 Å². The molecule has 9 nitrogen and oxygen atoms in total. The van der Waals surface area contributed by atoms with E-state index in [-0.39, 0.29) is 15.5 Å². The molecule has 0 saturated heterocycles. The van der Waals surface area contributed by atoms with Gasteiger partial charge in [0.1, 0.15) is 5.69 Å². The monoisotopic (exact) mass is 509 g/mol. The number of fused-ring (bicyclic) bond motifs is 1. The van der Waals surface area contributed by atoms with E-state index in [1.165, 1.54) is 35.9 Å². The van der Waals surface area contributed by atoms with Crippen LogP contribution in [0.15, 0.2) is 82.6 Å². The second kappa shape index (κ2) is 9.36. The van der Waals surface area contributed by atoms with E-state index < -0.39 is 27.1 Å². The maximum absolute atomic E-state index is 13.3. The van der Waals surface area contributed by atoms with Crippen LogP contribution in [0.25, 0.3) is 16.6 Å². The fourth-order valence-corrected chi connectivity index (χ4v) is 5.29. The molecular formula is C24H19N3O6S2. The topological polar surface area (TPSA) is 132 Å². The van der Waals surface area contributed by atoms with Gasteiger partial charge in [-0.25, -0.2) is 13.5 Å². The van der Waals surface area contributed by atoms with Crippen molar-refractivity contribution in [2.45, 2.75) is 9.79 Å². The highest BCUT2D eigenvalue weighted by Gasteiger charge is 2.21. The van der Waals surface area contributed by atoms with Crippen molar-refractivity contribution in [2.24, 2.45) is 5.73 Å². The van der Waals surface area contributed by atoms with Gasteiger partial charge in [-0.15, -0.1) is 10.7 Å². The summed E-state index contributed by atoms with van der Waals surface area (Å²) >= 11 is -2.54. The average molecular weight is 510 g/mol. The number of carbonyl (C=O) groups is 1. The molecular weight excluding hydrogens is 490 g/mol. The van der Waals surface area contributed by atoms with Crippen molar-refractivity contribution in [2.75, 3.05) is 12.1 Å². The number of anilines is 1. The van der Waals surface area contributed by atoms with Gasteiger partial charge in [-0.1, -0.05) is 24.1 Å². The van der Waals surface area contributed by atoms with Crippen LogP contribution >= 0.6 is 0 Å². The zero-order chi connectivity index (χ0) is 25.3. The molecule has 0 radical (unpaired) electrons. The molecule has 1 aromatic heterocycles. The number of hydrogen-bond donors (Lipinski definition) is 2. The fraction of sp³-hybridized carbons (Fsp3) is 0.0417. The molecule has 4 aromatic rings. The number of hydroxylamine groups is 1. The number of terminal acetylenes is 1. The minimum absolute atomic E-state index is 0.00581. The van der Waals surface area contributed by atoms with Crippen molar-refractivity contribution in [3.8, 4) is 18.0 Å². The quantitative estimate of drug-likeness (QED) is 0.222. The van der Waals surface area contributed by atoms with Gasteiger partial charge in [-0.3, -0.25) is 9.35 Å². The number of aromatic nitrogens is 1. The standard InChI is InChI=1S/C24H19N3O6S2/c1-3-16-6-4-8-20(12-16)35(31,32)21-9-5-7-19(14-21)27-22-15-18(26(2)33-34(29)30)11-10-17(22)13-23(27)24(25)28/h1,4-15H,2H3,(H2,25,28)(H,29,30). The Morgan fingerprint density at radius 3 is 2.43 bits per heavy atom. The third kappa shape index (κ3) is 4.68. The van der Waals surface area contributed by atoms with E-state index in [1.807, 2.05) is 0 Å². The number of amides is 1. The number of nitrogens with zero attached hydrogens (tertiary/aromatic N) is 2. The van der Waals surface area contributed by atoms with E-state index in [2.05, 4.69) is 5.92 Å². The molecule has 3 aromatic carbocycles. The fourth-order valence-electron chi connectivity index (χ4n) is 3.66. The van der Waals surface area contributed by atoms with Crippen molar-refractivity contribution in [1.29, 1.82) is 0 Å². The number of rotatable bonds is 7.